The zero-order valence-corrected chi connectivity index (χ0v) is 6.49. The lowest BCUT2D eigenvalue weighted by atomic mass is 10.4. The molecule has 1 amide bonds. The fourth-order valence-corrected chi connectivity index (χ4v) is 1.11. The molecule has 0 atom stereocenters. The SMILES string of the molecule is O=C1CC/[N+](=C/c2ccco2)N1. The van der Waals surface area contributed by atoms with Gasteiger partial charge in [-0.2, -0.15) is 0 Å². The van der Waals surface area contributed by atoms with Crippen LogP contribution in [0.3, 0.4) is 0 Å². The first-order valence-corrected chi connectivity index (χ1v) is 3.79. The minimum Gasteiger partial charge on any atom is -0.459 e. The molecule has 1 aliphatic rings. The predicted molar refractivity (Wildman–Crippen MR) is 41.8 cm³/mol. The molecular weight excluding hydrogens is 156 g/mol. The standard InChI is InChI=1S/C8H8N2O2/c11-8-3-4-10(9-8)6-7-2-1-5-12-7/h1-2,5-6H,3-4H2/p+1/b10-6-. The van der Waals surface area contributed by atoms with Crippen molar-refractivity contribution in [2.45, 2.75) is 6.42 Å². The Hall–Kier alpha value is -1.58. The molecule has 1 N–H and O–H groups in total. The largest absolute Gasteiger partial charge is 0.459 e. The van der Waals surface area contributed by atoms with Crippen LogP contribution < -0.4 is 5.43 Å². The van der Waals surface area contributed by atoms with E-state index in [0.29, 0.717) is 13.0 Å². The van der Waals surface area contributed by atoms with Gasteiger partial charge in [-0.05, 0) is 12.1 Å². The van der Waals surface area contributed by atoms with Gasteiger partial charge in [-0.15, -0.1) is 10.1 Å². The molecule has 2 rings (SSSR count). The Morgan fingerprint density at radius 1 is 1.67 bits per heavy atom. The Bertz CT molecular complexity index is 314. The molecule has 0 saturated carbocycles. The number of rotatable bonds is 1. The Morgan fingerprint density at radius 3 is 3.17 bits per heavy atom. The van der Waals surface area contributed by atoms with E-state index in [4.69, 9.17) is 4.42 Å². The summed E-state index contributed by atoms with van der Waals surface area (Å²) in [5, 5.41) is 0. The number of carbonyl (C=O) groups is 1. The highest BCUT2D eigenvalue weighted by Crippen LogP contribution is 1.97. The lowest BCUT2D eigenvalue weighted by Gasteiger charge is -1.87. The number of furan rings is 1. The Morgan fingerprint density at radius 2 is 2.58 bits per heavy atom. The van der Waals surface area contributed by atoms with E-state index in [-0.39, 0.29) is 5.91 Å². The minimum atomic E-state index is 0.0535. The van der Waals surface area contributed by atoms with E-state index in [1.165, 1.54) is 0 Å². The maximum atomic E-state index is 10.8. The van der Waals surface area contributed by atoms with E-state index >= 15 is 0 Å². The summed E-state index contributed by atoms with van der Waals surface area (Å²) in [6, 6.07) is 3.65. The van der Waals surface area contributed by atoms with Crippen LogP contribution >= 0.6 is 0 Å². The third-order valence-electron chi connectivity index (χ3n) is 1.67. The van der Waals surface area contributed by atoms with Gasteiger partial charge in [-0.3, -0.25) is 4.79 Å². The molecule has 0 unspecified atom stereocenters. The minimum absolute atomic E-state index is 0.0535. The third-order valence-corrected chi connectivity index (χ3v) is 1.67. The van der Waals surface area contributed by atoms with Crippen LogP contribution in [0.2, 0.25) is 0 Å². The van der Waals surface area contributed by atoms with Crippen molar-refractivity contribution in [3.8, 4) is 0 Å². The number of hydrazine groups is 1. The second kappa shape index (κ2) is 2.81. The highest BCUT2D eigenvalue weighted by atomic mass is 16.3. The molecule has 0 aromatic carbocycles. The van der Waals surface area contributed by atoms with Crippen LogP contribution in [0, 0.1) is 0 Å². The molecule has 0 aliphatic carbocycles. The van der Waals surface area contributed by atoms with Gasteiger partial charge in [0.1, 0.15) is 0 Å². The van der Waals surface area contributed by atoms with E-state index in [0.717, 1.165) is 5.76 Å². The lowest BCUT2D eigenvalue weighted by Crippen LogP contribution is -2.24. The number of carbonyl (C=O) groups excluding carboxylic acids is 1. The van der Waals surface area contributed by atoms with E-state index in [9.17, 15) is 4.79 Å². The smallest absolute Gasteiger partial charge is 0.280 e. The summed E-state index contributed by atoms with van der Waals surface area (Å²) in [6.07, 6.45) is 3.92. The van der Waals surface area contributed by atoms with Crippen molar-refractivity contribution in [2.24, 2.45) is 0 Å². The summed E-state index contributed by atoms with van der Waals surface area (Å²) in [5.74, 6) is 0.801. The first kappa shape index (κ1) is 7.09. The van der Waals surface area contributed by atoms with E-state index in [1.807, 2.05) is 12.1 Å². The number of hydrogen-bond acceptors (Lipinski definition) is 2. The van der Waals surface area contributed by atoms with Gasteiger partial charge in [-0.1, -0.05) is 0 Å². The fraction of sp³-hybridized carbons (Fsp3) is 0.250. The Labute approximate surface area is 69.5 Å². The van der Waals surface area contributed by atoms with Gasteiger partial charge in [0.25, 0.3) is 5.91 Å². The number of hydrazone groups is 1. The molecule has 1 aromatic rings. The van der Waals surface area contributed by atoms with Crippen molar-refractivity contribution in [1.29, 1.82) is 0 Å². The average Bonchev–Trinajstić information content (AvgIpc) is 2.63. The molecule has 62 valence electrons. The van der Waals surface area contributed by atoms with E-state index in [1.54, 1.807) is 17.2 Å². The lowest BCUT2D eigenvalue weighted by molar-refractivity contribution is -0.553. The Balaban J connectivity index is 2.15. The first-order valence-electron chi connectivity index (χ1n) is 3.79. The fourth-order valence-electron chi connectivity index (χ4n) is 1.11. The highest BCUT2D eigenvalue weighted by Gasteiger charge is 2.20. The maximum Gasteiger partial charge on any atom is 0.280 e. The normalized spacial score (nSPS) is 20.0. The average molecular weight is 165 g/mol. The maximum absolute atomic E-state index is 10.8. The zero-order valence-electron chi connectivity index (χ0n) is 6.49. The number of hydrogen-bond donors (Lipinski definition) is 1. The third kappa shape index (κ3) is 1.37. The summed E-state index contributed by atoms with van der Waals surface area (Å²) >= 11 is 0. The topological polar surface area (TPSA) is 45.2 Å². The van der Waals surface area contributed by atoms with Gasteiger partial charge in [0.15, 0.2) is 12.3 Å². The van der Waals surface area contributed by atoms with Crippen molar-refractivity contribution in [3.63, 3.8) is 0 Å². The summed E-state index contributed by atoms with van der Waals surface area (Å²) in [4.78, 5) is 10.8. The van der Waals surface area contributed by atoms with Crippen LogP contribution in [-0.4, -0.2) is 23.4 Å². The van der Waals surface area contributed by atoms with Crippen LogP contribution in [0.1, 0.15) is 12.2 Å². The monoisotopic (exact) mass is 165 g/mol. The molecule has 1 saturated heterocycles. The number of nitrogens with zero attached hydrogens (tertiary/aromatic N) is 1. The number of amides is 1. The van der Waals surface area contributed by atoms with Crippen molar-refractivity contribution in [3.05, 3.63) is 24.2 Å². The van der Waals surface area contributed by atoms with Crippen LogP contribution in [-0.2, 0) is 4.79 Å². The molecular formula is C8H9N2O2+. The van der Waals surface area contributed by atoms with Gasteiger partial charge >= 0.3 is 0 Å². The van der Waals surface area contributed by atoms with Gasteiger partial charge in [0.2, 0.25) is 6.21 Å². The molecule has 12 heavy (non-hydrogen) atoms. The quantitative estimate of drug-likeness (QED) is 0.602. The van der Waals surface area contributed by atoms with E-state index < -0.39 is 0 Å². The van der Waals surface area contributed by atoms with Crippen molar-refractivity contribution in [1.82, 2.24) is 5.43 Å². The van der Waals surface area contributed by atoms with Gasteiger partial charge in [-0.25, -0.2) is 0 Å². The molecule has 1 fully saturated rings. The second-order valence-electron chi connectivity index (χ2n) is 2.62. The van der Waals surface area contributed by atoms with Crippen molar-refractivity contribution in [2.75, 3.05) is 6.54 Å². The van der Waals surface area contributed by atoms with Crippen molar-refractivity contribution >= 4 is 12.1 Å². The molecule has 0 spiro atoms. The first-order chi connectivity index (χ1) is 5.84. The number of nitrogens with one attached hydrogen (secondary N) is 1. The molecule has 0 bridgehead atoms. The summed E-state index contributed by atoms with van der Waals surface area (Å²) in [6.45, 7) is 0.708. The highest BCUT2D eigenvalue weighted by molar-refractivity contribution is 5.78. The van der Waals surface area contributed by atoms with Gasteiger partial charge in [0.05, 0.1) is 12.7 Å². The molecule has 1 aromatic heterocycles. The van der Waals surface area contributed by atoms with Crippen LogP contribution in [0.25, 0.3) is 0 Å². The predicted octanol–water partition coefficient (Wildman–Crippen LogP) is 0.146. The molecule has 4 heteroatoms. The van der Waals surface area contributed by atoms with Crippen LogP contribution in [0.4, 0.5) is 0 Å². The van der Waals surface area contributed by atoms with Crippen molar-refractivity contribution < 1.29 is 13.9 Å². The summed E-state index contributed by atoms with van der Waals surface area (Å²) in [5.41, 5.74) is 2.67. The summed E-state index contributed by atoms with van der Waals surface area (Å²) in [7, 11) is 0. The zero-order chi connectivity index (χ0) is 8.39. The Kier molecular flexibility index (Phi) is 1.66. The van der Waals surface area contributed by atoms with Crippen LogP contribution in [0.15, 0.2) is 22.8 Å². The molecule has 0 radical (unpaired) electrons. The molecule has 4 nitrogen and oxygen atoms in total. The van der Waals surface area contributed by atoms with Gasteiger partial charge in [0, 0.05) is 0 Å². The van der Waals surface area contributed by atoms with Gasteiger partial charge < -0.3 is 4.42 Å². The van der Waals surface area contributed by atoms with E-state index in [2.05, 4.69) is 5.43 Å². The second-order valence-corrected chi connectivity index (χ2v) is 2.62. The summed E-state index contributed by atoms with van der Waals surface area (Å²) < 4.78 is 6.81. The van der Waals surface area contributed by atoms with Crippen LogP contribution in [0.5, 0.6) is 0 Å². The molecule has 2 heterocycles. The molecule has 1 aliphatic heterocycles.